The van der Waals surface area contributed by atoms with E-state index in [2.05, 4.69) is 22.5 Å². The number of nitrogens with one attached hydrogen (secondary N) is 2. The van der Waals surface area contributed by atoms with Crippen molar-refractivity contribution in [2.24, 2.45) is 0 Å². The molecule has 1 aliphatic carbocycles. The van der Waals surface area contributed by atoms with Crippen LogP contribution in [0.15, 0.2) is 30.3 Å². The summed E-state index contributed by atoms with van der Waals surface area (Å²) in [4.78, 5) is 14.4. The van der Waals surface area contributed by atoms with Crippen LogP contribution in [0.2, 0.25) is 0 Å². The molecule has 5 heteroatoms. The summed E-state index contributed by atoms with van der Waals surface area (Å²) in [7, 11) is 0. The summed E-state index contributed by atoms with van der Waals surface area (Å²) < 4.78 is 5.26. The molecule has 1 amide bonds. The Labute approximate surface area is 144 Å². The van der Waals surface area contributed by atoms with Crippen molar-refractivity contribution in [1.29, 1.82) is 0 Å². The van der Waals surface area contributed by atoms with E-state index in [0.29, 0.717) is 18.7 Å². The fraction of sp³-hybridized carbons (Fsp3) is 0.632. The van der Waals surface area contributed by atoms with E-state index in [4.69, 9.17) is 4.74 Å². The zero-order chi connectivity index (χ0) is 16.8. The SMILES string of the molecule is CC(CN1CCCC1)NC1CC(NC(=O)OCc2ccccc2)C1. The lowest BCUT2D eigenvalue weighted by molar-refractivity contribution is 0.124. The smallest absolute Gasteiger partial charge is 0.407 e. The molecule has 24 heavy (non-hydrogen) atoms. The Morgan fingerprint density at radius 3 is 2.62 bits per heavy atom. The average molecular weight is 331 g/mol. The Hall–Kier alpha value is -1.59. The highest BCUT2D eigenvalue weighted by atomic mass is 16.5. The third-order valence-corrected chi connectivity index (χ3v) is 4.92. The van der Waals surface area contributed by atoms with Gasteiger partial charge in [-0.05, 0) is 51.3 Å². The number of likely N-dealkylation sites (tertiary alicyclic amines) is 1. The summed E-state index contributed by atoms with van der Waals surface area (Å²) >= 11 is 0. The molecular weight excluding hydrogens is 302 g/mol. The first-order valence-corrected chi connectivity index (χ1v) is 9.14. The Kier molecular flexibility index (Phi) is 6.10. The zero-order valence-corrected chi connectivity index (χ0v) is 14.5. The predicted molar refractivity (Wildman–Crippen MR) is 94.8 cm³/mol. The van der Waals surface area contributed by atoms with E-state index in [1.807, 2.05) is 30.3 Å². The first-order chi connectivity index (χ1) is 11.7. The van der Waals surface area contributed by atoms with Crippen LogP contribution in [0.25, 0.3) is 0 Å². The number of carbonyl (C=O) groups is 1. The predicted octanol–water partition coefficient (Wildman–Crippen LogP) is 2.52. The lowest BCUT2D eigenvalue weighted by Gasteiger charge is -2.38. The van der Waals surface area contributed by atoms with Crippen molar-refractivity contribution in [3.63, 3.8) is 0 Å². The molecule has 132 valence electrons. The number of hydrogen-bond donors (Lipinski definition) is 2. The number of benzene rings is 1. The number of hydrogen-bond acceptors (Lipinski definition) is 4. The number of carbonyl (C=O) groups excluding carboxylic acids is 1. The van der Waals surface area contributed by atoms with Crippen LogP contribution < -0.4 is 10.6 Å². The van der Waals surface area contributed by atoms with Crippen LogP contribution in [-0.4, -0.2) is 48.8 Å². The Morgan fingerprint density at radius 1 is 1.21 bits per heavy atom. The lowest BCUT2D eigenvalue weighted by atomic mass is 9.86. The van der Waals surface area contributed by atoms with E-state index in [1.54, 1.807) is 0 Å². The minimum Gasteiger partial charge on any atom is -0.445 e. The summed E-state index contributed by atoms with van der Waals surface area (Å²) in [5, 5.41) is 6.62. The van der Waals surface area contributed by atoms with Crippen LogP contribution in [0.3, 0.4) is 0 Å². The van der Waals surface area contributed by atoms with Crippen molar-refractivity contribution in [1.82, 2.24) is 15.5 Å². The monoisotopic (exact) mass is 331 g/mol. The van der Waals surface area contributed by atoms with Gasteiger partial charge in [-0.2, -0.15) is 0 Å². The molecule has 1 aromatic carbocycles. The van der Waals surface area contributed by atoms with Crippen molar-refractivity contribution >= 4 is 6.09 Å². The molecule has 0 bridgehead atoms. The first kappa shape index (κ1) is 17.2. The first-order valence-electron chi connectivity index (χ1n) is 9.14. The van der Waals surface area contributed by atoms with Crippen LogP contribution in [-0.2, 0) is 11.3 Å². The Balaban J connectivity index is 1.27. The van der Waals surface area contributed by atoms with E-state index in [9.17, 15) is 4.79 Å². The molecule has 2 N–H and O–H groups in total. The molecule has 1 aromatic rings. The molecular formula is C19H29N3O2. The van der Waals surface area contributed by atoms with Gasteiger partial charge in [0.05, 0.1) is 0 Å². The van der Waals surface area contributed by atoms with Crippen LogP contribution >= 0.6 is 0 Å². The lowest BCUT2D eigenvalue weighted by Crippen LogP contribution is -2.55. The molecule has 0 radical (unpaired) electrons. The van der Waals surface area contributed by atoms with E-state index < -0.39 is 0 Å². The molecule has 0 aromatic heterocycles. The highest BCUT2D eigenvalue weighted by molar-refractivity contribution is 5.67. The van der Waals surface area contributed by atoms with Gasteiger partial charge in [0.15, 0.2) is 0 Å². The summed E-state index contributed by atoms with van der Waals surface area (Å²) in [6, 6.07) is 11.0. The maximum Gasteiger partial charge on any atom is 0.407 e. The van der Waals surface area contributed by atoms with E-state index in [1.165, 1.54) is 25.9 Å². The van der Waals surface area contributed by atoms with E-state index in [-0.39, 0.29) is 12.1 Å². The normalized spacial score (nSPS) is 25.0. The van der Waals surface area contributed by atoms with Gasteiger partial charge in [-0.15, -0.1) is 0 Å². The van der Waals surface area contributed by atoms with Gasteiger partial charge in [-0.3, -0.25) is 0 Å². The number of nitrogens with zero attached hydrogens (tertiary/aromatic N) is 1. The van der Waals surface area contributed by atoms with Gasteiger partial charge in [0.25, 0.3) is 0 Å². The van der Waals surface area contributed by atoms with E-state index >= 15 is 0 Å². The molecule has 1 saturated heterocycles. The third-order valence-electron chi connectivity index (χ3n) is 4.92. The maximum absolute atomic E-state index is 11.8. The molecule has 5 nitrogen and oxygen atoms in total. The Morgan fingerprint density at radius 2 is 1.92 bits per heavy atom. The average Bonchev–Trinajstić information content (AvgIpc) is 3.04. The van der Waals surface area contributed by atoms with Crippen LogP contribution in [0.4, 0.5) is 4.79 Å². The number of alkyl carbamates (subject to hydrolysis) is 1. The fourth-order valence-electron chi connectivity index (χ4n) is 3.61. The van der Waals surface area contributed by atoms with Crippen LogP contribution in [0, 0.1) is 0 Å². The summed E-state index contributed by atoms with van der Waals surface area (Å²) in [5.41, 5.74) is 1.01. The van der Waals surface area contributed by atoms with Gasteiger partial charge >= 0.3 is 6.09 Å². The third kappa shape index (κ3) is 5.21. The topological polar surface area (TPSA) is 53.6 Å². The Bertz CT molecular complexity index is 511. The summed E-state index contributed by atoms with van der Waals surface area (Å²) in [5.74, 6) is 0. The second-order valence-corrected chi connectivity index (χ2v) is 7.15. The van der Waals surface area contributed by atoms with Crippen molar-refractivity contribution < 1.29 is 9.53 Å². The number of rotatable bonds is 7. The highest BCUT2D eigenvalue weighted by Gasteiger charge is 2.31. The number of ether oxygens (including phenoxy) is 1. The zero-order valence-electron chi connectivity index (χ0n) is 14.5. The van der Waals surface area contributed by atoms with Crippen LogP contribution in [0.1, 0.15) is 38.2 Å². The number of amides is 1. The van der Waals surface area contributed by atoms with Gasteiger partial charge in [-0.25, -0.2) is 4.79 Å². The summed E-state index contributed by atoms with van der Waals surface area (Å²) in [6.45, 7) is 6.21. The van der Waals surface area contributed by atoms with Crippen molar-refractivity contribution in [3.05, 3.63) is 35.9 Å². The second kappa shape index (κ2) is 8.49. The van der Waals surface area contributed by atoms with Gasteiger partial charge in [0.2, 0.25) is 0 Å². The van der Waals surface area contributed by atoms with Crippen molar-refractivity contribution in [3.8, 4) is 0 Å². The molecule has 1 atom stereocenters. The molecule has 1 saturated carbocycles. The molecule has 2 aliphatic rings. The molecule has 1 aliphatic heterocycles. The maximum atomic E-state index is 11.8. The molecule has 2 fully saturated rings. The van der Waals surface area contributed by atoms with Crippen LogP contribution in [0.5, 0.6) is 0 Å². The molecule has 3 rings (SSSR count). The quantitative estimate of drug-likeness (QED) is 0.806. The van der Waals surface area contributed by atoms with Gasteiger partial charge in [0, 0.05) is 24.7 Å². The highest BCUT2D eigenvalue weighted by Crippen LogP contribution is 2.21. The second-order valence-electron chi connectivity index (χ2n) is 7.15. The van der Waals surface area contributed by atoms with Crippen molar-refractivity contribution in [2.75, 3.05) is 19.6 Å². The molecule has 1 unspecified atom stereocenters. The minimum absolute atomic E-state index is 0.241. The minimum atomic E-state index is -0.313. The molecule has 1 heterocycles. The standard InChI is InChI=1S/C19H29N3O2/c1-15(13-22-9-5-6-10-22)20-17-11-18(12-17)21-19(23)24-14-16-7-3-2-4-8-16/h2-4,7-8,15,17-18,20H,5-6,9-14H2,1H3,(H,21,23). The van der Waals surface area contributed by atoms with Gasteiger partial charge < -0.3 is 20.3 Å². The van der Waals surface area contributed by atoms with Gasteiger partial charge in [-0.1, -0.05) is 30.3 Å². The largest absolute Gasteiger partial charge is 0.445 e. The summed E-state index contributed by atoms with van der Waals surface area (Å²) in [6.07, 6.45) is 4.35. The van der Waals surface area contributed by atoms with Crippen molar-refractivity contribution in [2.45, 2.75) is 57.3 Å². The molecule has 0 spiro atoms. The van der Waals surface area contributed by atoms with E-state index in [0.717, 1.165) is 24.9 Å². The van der Waals surface area contributed by atoms with Gasteiger partial charge in [0.1, 0.15) is 6.61 Å². The fourth-order valence-corrected chi connectivity index (χ4v) is 3.61.